The van der Waals surface area contributed by atoms with E-state index in [4.69, 9.17) is 16.3 Å². The molecule has 0 bridgehead atoms. The second kappa shape index (κ2) is 8.65. The molecule has 28 heavy (non-hydrogen) atoms. The molecule has 150 valence electrons. The molecule has 0 saturated heterocycles. The van der Waals surface area contributed by atoms with E-state index in [9.17, 15) is 9.59 Å². The van der Waals surface area contributed by atoms with E-state index in [1.807, 2.05) is 46.8 Å². The lowest BCUT2D eigenvalue weighted by Crippen LogP contribution is -2.56. The first-order valence-electron chi connectivity index (χ1n) is 9.17. The minimum atomic E-state index is -0.662. The third-order valence-electron chi connectivity index (χ3n) is 4.39. The number of carbonyl (C=O) groups is 2. The maximum Gasteiger partial charge on any atom is 0.274 e. The Morgan fingerprint density at radius 3 is 2.39 bits per heavy atom. The second-order valence-corrected chi connectivity index (χ2v) is 7.98. The molecule has 6 heteroatoms. The summed E-state index contributed by atoms with van der Waals surface area (Å²) in [5.41, 5.74) is 4.63. The van der Waals surface area contributed by atoms with Gasteiger partial charge >= 0.3 is 0 Å². The number of benzene rings is 2. The number of hydrogen-bond acceptors (Lipinski definition) is 3. The van der Waals surface area contributed by atoms with Gasteiger partial charge in [0.1, 0.15) is 5.75 Å². The average molecular weight is 403 g/mol. The summed E-state index contributed by atoms with van der Waals surface area (Å²) in [6.45, 7) is 9.38. The summed E-state index contributed by atoms with van der Waals surface area (Å²) in [7, 11) is 1.57. The van der Waals surface area contributed by atoms with Gasteiger partial charge in [-0.25, -0.2) is 5.01 Å². The SMILES string of the molecule is CCc1c(OC)cccc1C(=O)NN(C(=O)c1cc(C)ccc1Cl)C(C)(C)C. The van der Waals surface area contributed by atoms with Crippen molar-refractivity contribution in [2.45, 2.75) is 46.6 Å². The van der Waals surface area contributed by atoms with Gasteiger partial charge in [0.25, 0.3) is 11.8 Å². The number of aryl methyl sites for hydroxylation is 1. The van der Waals surface area contributed by atoms with Gasteiger partial charge in [-0.2, -0.15) is 0 Å². The highest BCUT2D eigenvalue weighted by Crippen LogP contribution is 2.25. The van der Waals surface area contributed by atoms with Crippen LogP contribution < -0.4 is 10.2 Å². The van der Waals surface area contributed by atoms with Crippen LogP contribution in [0.15, 0.2) is 36.4 Å². The summed E-state index contributed by atoms with van der Waals surface area (Å²) in [6.07, 6.45) is 0.625. The first kappa shape index (κ1) is 21.8. The number of carbonyl (C=O) groups excluding carboxylic acids is 2. The summed E-state index contributed by atoms with van der Waals surface area (Å²) >= 11 is 6.25. The van der Waals surface area contributed by atoms with Crippen molar-refractivity contribution < 1.29 is 14.3 Å². The summed E-state index contributed by atoms with van der Waals surface area (Å²) < 4.78 is 5.37. The van der Waals surface area contributed by atoms with Gasteiger partial charge in [0.2, 0.25) is 0 Å². The molecular formula is C22H27ClN2O3. The fourth-order valence-electron chi connectivity index (χ4n) is 2.94. The Labute approximate surface area is 171 Å². The molecule has 5 nitrogen and oxygen atoms in total. The van der Waals surface area contributed by atoms with E-state index < -0.39 is 5.54 Å². The van der Waals surface area contributed by atoms with Crippen molar-refractivity contribution >= 4 is 23.4 Å². The Kier molecular flexibility index (Phi) is 6.73. The monoisotopic (exact) mass is 402 g/mol. The Morgan fingerprint density at radius 1 is 1.14 bits per heavy atom. The Balaban J connectivity index is 2.42. The fourth-order valence-corrected chi connectivity index (χ4v) is 3.14. The third kappa shape index (κ3) is 4.65. The lowest BCUT2D eigenvalue weighted by Gasteiger charge is -2.36. The van der Waals surface area contributed by atoms with Crippen LogP contribution in [-0.2, 0) is 6.42 Å². The van der Waals surface area contributed by atoms with Gasteiger partial charge in [-0.05, 0) is 58.4 Å². The molecule has 2 aromatic rings. The van der Waals surface area contributed by atoms with E-state index in [0.717, 1.165) is 11.1 Å². The van der Waals surface area contributed by atoms with Crippen LogP contribution in [0.2, 0.25) is 5.02 Å². The first-order valence-corrected chi connectivity index (χ1v) is 9.55. The van der Waals surface area contributed by atoms with Crippen LogP contribution in [0.3, 0.4) is 0 Å². The molecule has 0 radical (unpaired) electrons. The number of halogens is 1. The molecule has 0 atom stereocenters. The topological polar surface area (TPSA) is 58.6 Å². The van der Waals surface area contributed by atoms with Crippen LogP contribution in [-0.4, -0.2) is 29.5 Å². The van der Waals surface area contributed by atoms with Crippen molar-refractivity contribution in [1.82, 2.24) is 10.4 Å². The predicted octanol–water partition coefficient (Wildman–Crippen LogP) is 4.81. The summed E-state index contributed by atoms with van der Waals surface area (Å²) in [4.78, 5) is 26.3. The number of nitrogens with one attached hydrogen (secondary N) is 1. The Bertz CT molecular complexity index is 888. The normalized spacial score (nSPS) is 11.1. The molecule has 0 spiro atoms. The highest BCUT2D eigenvalue weighted by molar-refractivity contribution is 6.33. The van der Waals surface area contributed by atoms with E-state index in [1.54, 1.807) is 31.4 Å². The lowest BCUT2D eigenvalue weighted by molar-refractivity contribution is 0.0358. The molecule has 2 rings (SSSR count). The molecule has 0 aliphatic heterocycles. The molecule has 0 aliphatic rings. The molecule has 0 aromatic heterocycles. The minimum absolute atomic E-state index is 0.342. The smallest absolute Gasteiger partial charge is 0.274 e. The Morgan fingerprint density at radius 2 is 1.82 bits per heavy atom. The average Bonchev–Trinajstić information content (AvgIpc) is 2.65. The summed E-state index contributed by atoms with van der Waals surface area (Å²) in [5.74, 6) is -0.0937. The van der Waals surface area contributed by atoms with Crippen LogP contribution >= 0.6 is 11.6 Å². The fraction of sp³-hybridized carbons (Fsp3) is 0.364. The summed E-state index contributed by atoms with van der Waals surface area (Å²) in [5, 5.41) is 1.67. The van der Waals surface area contributed by atoms with Gasteiger partial charge in [-0.1, -0.05) is 36.2 Å². The van der Waals surface area contributed by atoms with Crippen LogP contribution in [0, 0.1) is 6.92 Å². The molecule has 0 aliphatic carbocycles. The van der Waals surface area contributed by atoms with Gasteiger partial charge in [-0.3, -0.25) is 15.0 Å². The highest BCUT2D eigenvalue weighted by atomic mass is 35.5. The van der Waals surface area contributed by atoms with Gasteiger partial charge in [0.05, 0.1) is 23.2 Å². The molecular weight excluding hydrogens is 376 g/mol. The second-order valence-electron chi connectivity index (χ2n) is 7.58. The van der Waals surface area contributed by atoms with Crippen LogP contribution in [0.25, 0.3) is 0 Å². The molecule has 0 saturated carbocycles. The number of hydrogen-bond donors (Lipinski definition) is 1. The lowest BCUT2D eigenvalue weighted by atomic mass is 10.0. The number of methoxy groups -OCH3 is 1. The predicted molar refractivity (Wildman–Crippen MR) is 112 cm³/mol. The maximum atomic E-state index is 13.2. The van der Waals surface area contributed by atoms with E-state index in [2.05, 4.69) is 5.43 Å². The van der Waals surface area contributed by atoms with Gasteiger partial charge in [0.15, 0.2) is 0 Å². The Hall–Kier alpha value is -2.53. The van der Waals surface area contributed by atoms with E-state index in [-0.39, 0.29) is 11.8 Å². The van der Waals surface area contributed by atoms with Gasteiger partial charge in [0, 0.05) is 11.1 Å². The summed E-state index contributed by atoms with van der Waals surface area (Å²) in [6, 6.07) is 10.5. The number of rotatable bonds is 4. The quantitative estimate of drug-likeness (QED) is 0.747. The zero-order chi connectivity index (χ0) is 21.1. The zero-order valence-electron chi connectivity index (χ0n) is 17.2. The van der Waals surface area contributed by atoms with Crippen molar-refractivity contribution in [3.8, 4) is 5.75 Å². The standard InChI is InChI=1S/C22H27ClN2O3/c1-7-15-16(9-8-10-19(15)28-6)20(26)24-25(22(3,4)5)21(27)17-13-14(2)11-12-18(17)23/h8-13H,7H2,1-6H3,(H,24,26). The number of ether oxygens (including phenoxy) is 1. The van der Waals surface area contributed by atoms with E-state index >= 15 is 0 Å². The van der Waals surface area contributed by atoms with Crippen LogP contribution in [0.5, 0.6) is 5.75 Å². The van der Waals surface area contributed by atoms with Crippen molar-refractivity contribution in [1.29, 1.82) is 0 Å². The molecule has 0 unspecified atom stereocenters. The van der Waals surface area contributed by atoms with Crippen LogP contribution in [0.1, 0.15) is 59.5 Å². The molecule has 0 fully saturated rings. The molecule has 0 heterocycles. The van der Waals surface area contributed by atoms with Crippen molar-refractivity contribution in [2.24, 2.45) is 0 Å². The van der Waals surface area contributed by atoms with Gasteiger partial charge in [-0.15, -0.1) is 0 Å². The van der Waals surface area contributed by atoms with Gasteiger partial charge < -0.3 is 4.74 Å². The maximum absolute atomic E-state index is 13.2. The molecule has 1 N–H and O–H groups in total. The van der Waals surface area contributed by atoms with E-state index in [0.29, 0.717) is 28.3 Å². The number of hydrazine groups is 1. The van der Waals surface area contributed by atoms with Crippen molar-refractivity contribution in [3.05, 3.63) is 63.7 Å². The highest BCUT2D eigenvalue weighted by Gasteiger charge is 2.31. The van der Waals surface area contributed by atoms with Crippen molar-refractivity contribution in [2.75, 3.05) is 7.11 Å². The third-order valence-corrected chi connectivity index (χ3v) is 4.72. The number of nitrogens with zero attached hydrogens (tertiary/aromatic N) is 1. The van der Waals surface area contributed by atoms with E-state index in [1.165, 1.54) is 5.01 Å². The minimum Gasteiger partial charge on any atom is -0.496 e. The van der Waals surface area contributed by atoms with Crippen LogP contribution in [0.4, 0.5) is 0 Å². The van der Waals surface area contributed by atoms with Crippen molar-refractivity contribution in [3.63, 3.8) is 0 Å². The zero-order valence-corrected chi connectivity index (χ0v) is 18.0. The first-order chi connectivity index (χ1) is 13.1. The number of amides is 2. The molecule has 2 amide bonds. The largest absolute Gasteiger partial charge is 0.496 e. The molecule has 2 aromatic carbocycles.